The Kier molecular flexibility index (Phi) is 5.67. The number of ether oxygens (including phenoxy) is 1. The van der Waals surface area contributed by atoms with Gasteiger partial charge in [0.25, 0.3) is 11.8 Å². The summed E-state index contributed by atoms with van der Waals surface area (Å²) in [7, 11) is 0. The Morgan fingerprint density at radius 1 is 1.32 bits per heavy atom. The van der Waals surface area contributed by atoms with Crippen molar-refractivity contribution in [1.29, 1.82) is 0 Å². The zero-order valence-electron chi connectivity index (χ0n) is 20.9. The molecule has 1 aromatic carbocycles. The van der Waals surface area contributed by atoms with Gasteiger partial charge in [-0.25, -0.2) is 14.4 Å². The van der Waals surface area contributed by atoms with Crippen molar-refractivity contribution in [2.24, 2.45) is 11.3 Å². The Hall–Kier alpha value is -3.53. The number of nitrogens with one attached hydrogen (secondary N) is 2. The molecule has 2 aromatic heterocycles. The number of amides is 2. The van der Waals surface area contributed by atoms with Crippen LogP contribution in [0.3, 0.4) is 0 Å². The predicted molar refractivity (Wildman–Crippen MR) is 133 cm³/mol. The number of H-pyrrole nitrogens is 1. The van der Waals surface area contributed by atoms with Gasteiger partial charge >= 0.3 is 0 Å². The molecule has 3 aliphatic rings. The molecular weight excluding hydrogens is 477 g/mol. The molecule has 2 amide bonds. The number of nitrogens with zero attached hydrogens (tertiary/aromatic N) is 3. The van der Waals surface area contributed by atoms with Crippen LogP contribution in [0.4, 0.5) is 4.39 Å². The number of aliphatic hydroxyl groups excluding tert-OH is 1. The van der Waals surface area contributed by atoms with Crippen molar-refractivity contribution in [3.8, 4) is 17.0 Å². The Bertz CT molecular complexity index is 1390. The summed E-state index contributed by atoms with van der Waals surface area (Å²) >= 11 is 0. The highest BCUT2D eigenvalue weighted by Gasteiger charge is 2.56. The van der Waals surface area contributed by atoms with Crippen LogP contribution >= 0.6 is 0 Å². The number of carbonyl (C=O) groups excluding carboxylic acids is 2. The molecule has 3 heterocycles. The normalized spacial score (nSPS) is 20.9. The second kappa shape index (κ2) is 8.79. The highest BCUT2D eigenvalue weighted by molar-refractivity contribution is 6.09. The number of aryl methyl sites for hydroxylation is 1. The Balaban J connectivity index is 1.31. The average molecular weight is 508 g/mol. The summed E-state index contributed by atoms with van der Waals surface area (Å²) in [6.45, 7) is 4.72. The summed E-state index contributed by atoms with van der Waals surface area (Å²) in [6, 6.07) is 4.16. The first-order chi connectivity index (χ1) is 17.8. The minimum atomic E-state index is -1.07. The van der Waals surface area contributed by atoms with Gasteiger partial charge in [-0.05, 0) is 63.6 Å². The molecule has 0 unspecified atom stereocenters. The van der Waals surface area contributed by atoms with Gasteiger partial charge in [-0.2, -0.15) is 0 Å². The SMILES string of the molecule is Cc1[nH]c2c(-c3cc(F)ccc3OCC3CC3)ncnc2c1C(=O)N[C@@H]1CN(C(=O)[C@H](C)O)CC12CC2. The molecule has 0 radical (unpaired) electrons. The molecule has 3 aromatic rings. The number of aromatic nitrogens is 3. The number of benzene rings is 1. The maximum Gasteiger partial charge on any atom is 0.255 e. The van der Waals surface area contributed by atoms with Crippen LogP contribution < -0.4 is 10.1 Å². The van der Waals surface area contributed by atoms with Crippen molar-refractivity contribution >= 4 is 22.8 Å². The van der Waals surface area contributed by atoms with Crippen LogP contribution in [0.5, 0.6) is 5.75 Å². The molecule has 6 rings (SSSR count). The van der Waals surface area contributed by atoms with Gasteiger partial charge in [-0.1, -0.05) is 0 Å². The van der Waals surface area contributed by atoms with Crippen molar-refractivity contribution in [2.45, 2.75) is 51.7 Å². The fourth-order valence-corrected chi connectivity index (χ4v) is 5.41. The lowest BCUT2D eigenvalue weighted by Gasteiger charge is -2.19. The van der Waals surface area contributed by atoms with Crippen LogP contribution in [0.1, 0.15) is 48.7 Å². The minimum absolute atomic E-state index is 0.143. The Morgan fingerprint density at radius 2 is 2.11 bits per heavy atom. The molecule has 37 heavy (non-hydrogen) atoms. The highest BCUT2D eigenvalue weighted by atomic mass is 19.1. The van der Waals surface area contributed by atoms with E-state index in [1.807, 2.05) is 0 Å². The van der Waals surface area contributed by atoms with E-state index in [4.69, 9.17) is 4.74 Å². The molecule has 3 fully saturated rings. The lowest BCUT2D eigenvalue weighted by atomic mass is 10.0. The lowest BCUT2D eigenvalue weighted by molar-refractivity contribution is -0.138. The van der Waals surface area contributed by atoms with E-state index in [1.165, 1.54) is 25.4 Å². The van der Waals surface area contributed by atoms with Gasteiger partial charge in [0, 0.05) is 29.8 Å². The molecule has 1 saturated heterocycles. The minimum Gasteiger partial charge on any atom is -0.493 e. The summed E-state index contributed by atoms with van der Waals surface area (Å²) in [5.74, 6) is 0.0487. The van der Waals surface area contributed by atoms with Crippen LogP contribution in [0.25, 0.3) is 22.3 Å². The van der Waals surface area contributed by atoms with Crippen molar-refractivity contribution in [2.75, 3.05) is 19.7 Å². The summed E-state index contributed by atoms with van der Waals surface area (Å²) in [5.41, 5.74) is 2.81. The number of rotatable bonds is 7. The zero-order chi connectivity index (χ0) is 25.9. The Morgan fingerprint density at radius 3 is 2.81 bits per heavy atom. The fraction of sp³-hybridized carbons (Fsp3) is 0.481. The molecule has 0 bridgehead atoms. The van der Waals surface area contributed by atoms with Crippen LogP contribution in [0, 0.1) is 24.1 Å². The lowest BCUT2D eigenvalue weighted by Crippen LogP contribution is -2.42. The van der Waals surface area contributed by atoms with Crippen molar-refractivity contribution < 1.29 is 23.8 Å². The first-order valence-electron chi connectivity index (χ1n) is 12.8. The summed E-state index contributed by atoms with van der Waals surface area (Å²) in [5, 5.41) is 12.9. The van der Waals surface area contributed by atoms with Gasteiger partial charge in [0.1, 0.15) is 35.2 Å². The number of hydrogen-bond acceptors (Lipinski definition) is 6. The number of carbonyl (C=O) groups is 2. The first-order valence-corrected chi connectivity index (χ1v) is 12.8. The third kappa shape index (κ3) is 4.33. The van der Waals surface area contributed by atoms with E-state index in [0.717, 1.165) is 25.7 Å². The molecule has 3 N–H and O–H groups in total. The van der Waals surface area contributed by atoms with E-state index in [-0.39, 0.29) is 23.3 Å². The molecule has 9 nitrogen and oxygen atoms in total. The molecule has 2 atom stereocenters. The maximum atomic E-state index is 14.3. The smallest absolute Gasteiger partial charge is 0.255 e. The quantitative estimate of drug-likeness (QED) is 0.452. The standard InChI is InChI=1S/C27H30FN5O4/c1-14-21(25(35)32-20-10-33(26(36)15(2)34)12-27(20)7-8-27)23-24(31-14)22(29-13-30-23)18-9-17(28)5-6-19(18)37-11-16-3-4-16/h5-6,9,13,15-16,20,31,34H,3-4,7-8,10-12H2,1-2H3,(H,32,35)/t15-,20+/m0/s1. The van der Waals surface area contributed by atoms with Crippen LogP contribution in [-0.4, -0.2) is 68.6 Å². The van der Waals surface area contributed by atoms with Crippen molar-refractivity contribution in [1.82, 2.24) is 25.2 Å². The largest absolute Gasteiger partial charge is 0.493 e. The summed E-state index contributed by atoms with van der Waals surface area (Å²) < 4.78 is 20.3. The first kappa shape index (κ1) is 23.8. The van der Waals surface area contributed by atoms with Gasteiger partial charge in [0.2, 0.25) is 0 Å². The van der Waals surface area contributed by atoms with Gasteiger partial charge < -0.3 is 25.0 Å². The molecule has 2 aliphatic carbocycles. The van der Waals surface area contributed by atoms with Gasteiger partial charge in [0.15, 0.2) is 0 Å². The van der Waals surface area contributed by atoms with Crippen molar-refractivity contribution in [3.63, 3.8) is 0 Å². The summed E-state index contributed by atoms with van der Waals surface area (Å²) in [6.07, 6.45) is 4.41. The van der Waals surface area contributed by atoms with E-state index < -0.39 is 11.9 Å². The zero-order valence-corrected chi connectivity index (χ0v) is 20.9. The molecule has 10 heteroatoms. The second-order valence-corrected chi connectivity index (χ2v) is 10.7. The van der Waals surface area contributed by atoms with Crippen LogP contribution in [-0.2, 0) is 4.79 Å². The van der Waals surface area contributed by atoms with Gasteiger partial charge in [-0.3, -0.25) is 9.59 Å². The van der Waals surface area contributed by atoms with E-state index in [2.05, 4.69) is 20.3 Å². The maximum absolute atomic E-state index is 14.3. The summed E-state index contributed by atoms with van der Waals surface area (Å²) in [4.78, 5) is 39.6. The Labute approximate surface area is 213 Å². The average Bonchev–Trinajstić information content (AvgIpc) is 3.77. The third-order valence-electron chi connectivity index (χ3n) is 7.88. The molecule has 194 valence electrons. The topological polar surface area (TPSA) is 120 Å². The predicted octanol–water partition coefficient (Wildman–Crippen LogP) is 2.96. The van der Waals surface area contributed by atoms with E-state index in [9.17, 15) is 19.1 Å². The number of hydrogen-bond donors (Lipinski definition) is 3. The second-order valence-electron chi connectivity index (χ2n) is 10.7. The number of aromatic amines is 1. The van der Waals surface area contributed by atoms with Crippen molar-refractivity contribution in [3.05, 3.63) is 41.6 Å². The third-order valence-corrected chi connectivity index (χ3v) is 7.88. The van der Waals surface area contributed by atoms with E-state index >= 15 is 0 Å². The monoisotopic (exact) mass is 507 g/mol. The van der Waals surface area contributed by atoms with E-state index in [0.29, 0.717) is 64.9 Å². The molecular formula is C27H30FN5O4. The number of aliphatic hydroxyl groups is 1. The number of halogens is 1. The highest BCUT2D eigenvalue weighted by Crippen LogP contribution is 2.53. The van der Waals surface area contributed by atoms with Crippen LogP contribution in [0.15, 0.2) is 24.5 Å². The van der Waals surface area contributed by atoms with Gasteiger partial charge in [-0.15, -0.1) is 0 Å². The van der Waals surface area contributed by atoms with Gasteiger partial charge in [0.05, 0.1) is 23.7 Å². The molecule has 2 saturated carbocycles. The molecule has 1 spiro atoms. The number of likely N-dealkylation sites (tertiary alicyclic amines) is 1. The van der Waals surface area contributed by atoms with E-state index in [1.54, 1.807) is 17.9 Å². The fourth-order valence-electron chi connectivity index (χ4n) is 5.41. The van der Waals surface area contributed by atoms with Crippen LogP contribution in [0.2, 0.25) is 0 Å². The molecule has 1 aliphatic heterocycles. The number of fused-ring (bicyclic) bond motifs is 1.